The Morgan fingerprint density at radius 1 is 1.35 bits per heavy atom. The fourth-order valence-corrected chi connectivity index (χ4v) is 2.80. The molecule has 0 spiro atoms. The summed E-state index contributed by atoms with van der Waals surface area (Å²) in [6.45, 7) is 4.39. The van der Waals surface area contributed by atoms with Crippen LogP contribution in [0.25, 0.3) is 0 Å². The van der Waals surface area contributed by atoms with E-state index >= 15 is 0 Å². The molecular formula is C14H22N2O. The van der Waals surface area contributed by atoms with Crippen LogP contribution in [0, 0.1) is 5.92 Å². The average molecular weight is 234 g/mol. The normalized spacial score (nSPS) is 21.1. The second-order valence-corrected chi connectivity index (χ2v) is 5.03. The number of hydrogen-bond donors (Lipinski definition) is 3. The van der Waals surface area contributed by atoms with Crippen molar-refractivity contribution in [2.45, 2.75) is 31.9 Å². The molecule has 1 aromatic carbocycles. The molecule has 1 saturated heterocycles. The largest absolute Gasteiger partial charge is 0.385 e. The van der Waals surface area contributed by atoms with Gasteiger partial charge in [-0.25, -0.2) is 0 Å². The van der Waals surface area contributed by atoms with Crippen molar-refractivity contribution in [2.24, 2.45) is 11.7 Å². The third-order valence-electron chi connectivity index (χ3n) is 3.92. The summed E-state index contributed by atoms with van der Waals surface area (Å²) in [5, 5.41) is 14.2. The van der Waals surface area contributed by atoms with Crippen molar-refractivity contribution in [3.8, 4) is 0 Å². The van der Waals surface area contributed by atoms with E-state index in [9.17, 15) is 5.11 Å². The summed E-state index contributed by atoms with van der Waals surface area (Å²) in [6, 6.07) is 7.96. The summed E-state index contributed by atoms with van der Waals surface area (Å²) in [7, 11) is 0. The average Bonchev–Trinajstić information content (AvgIpc) is 2.39. The molecule has 0 aliphatic carbocycles. The Kier molecular flexibility index (Phi) is 3.82. The van der Waals surface area contributed by atoms with E-state index in [1.165, 1.54) is 0 Å². The number of piperidine rings is 1. The van der Waals surface area contributed by atoms with Crippen LogP contribution < -0.4 is 11.1 Å². The molecule has 94 valence electrons. The van der Waals surface area contributed by atoms with E-state index in [1.807, 2.05) is 31.2 Å². The minimum atomic E-state index is -0.766. The fraction of sp³-hybridized carbons (Fsp3) is 0.571. The first-order valence-corrected chi connectivity index (χ1v) is 6.38. The monoisotopic (exact) mass is 234 g/mol. The molecule has 1 unspecified atom stereocenters. The van der Waals surface area contributed by atoms with Crippen molar-refractivity contribution in [1.29, 1.82) is 0 Å². The van der Waals surface area contributed by atoms with Gasteiger partial charge >= 0.3 is 0 Å². The van der Waals surface area contributed by atoms with Crippen LogP contribution in [-0.2, 0) is 12.1 Å². The Morgan fingerprint density at radius 2 is 2.00 bits per heavy atom. The molecular weight excluding hydrogens is 212 g/mol. The van der Waals surface area contributed by atoms with Gasteiger partial charge in [-0.2, -0.15) is 0 Å². The molecule has 1 heterocycles. The molecule has 2 rings (SSSR count). The molecule has 3 heteroatoms. The van der Waals surface area contributed by atoms with Gasteiger partial charge < -0.3 is 16.2 Å². The maximum Gasteiger partial charge on any atom is 0.0900 e. The van der Waals surface area contributed by atoms with E-state index < -0.39 is 5.60 Å². The summed E-state index contributed by atoms with van der Waals surface area (Å²) in [4.78, 5) is 0. The minimum absolute atomic E-state index is 0.316. The van der Waals surface area contributed by atoms with Gasteiger partial charge in [0.05, 0.1) is 5.60 Å². The summed E-state index contributed by atoms with van der Waals surface area (Å²) >= 11 is 0. The Morgan fingerprint density at radius 3 is 2.65 bits per heavy atom. The smallest absolute Gasteiger partial charge is 0.0900 e. The van der Waals surface area contributed by atoms with Gasteiger partial charge in [0.1, 0.15) is 0 Å². The van der Waals surface area contributed by atoms with Gasteiger partial charge in [0.15, 0.2) is 0 Å². The van der Waals surface area contributed by atoms with E-state index in [-0.39, 0.29) is 0 Å². The van der Waals surface area contributed by atoms with Crippen LogP contribution in [0.3, 0.4) is 0 Å². The summed E-state index contributed by atoms with van der Waals surface area (Å²) in [5.74, 6) is 0.316. The molecule has 1 aliphatic heterocycles. The highest BCUT2D eigenvalue weighted by atomic mass is 16.3. The van der Waals surface area contributed by atoms with Crippen molar-refractivity contribution < 1.29 is 5.11 Å². The van der Waals surface area contributed by atoms with Crippen molar-refractivity contribution in [3.05, 3.63) is 35.4 Å². The molecule has 4 N–H and O–H groups in total. The van der Waals surface area contributed by atoms with Gasteiger partial charge in [-0.05, 0) is 49.9 Å². The summed E-state index contributed by atoms with van der Waals surface area (Å²) in [6.07, 6.45) is 2.04. The highest BCUT2D eigenvalue weighted by Gasteiger charge is 2.35. The van der Waals surface area contributed by atoms with Gasteiger partial charge in [-0.3, -0.25) is 0 Å². The molecule has 1 aromatic rings. The maximum atomic E-state index is 10.8. The van der Waals surface area contributed by atoms with Crippen LogP contribution in [0.15, 0.2) is 24.3 Å². The number of nitrogens with two attached hydrogens (primary N) is 1. The Bertz CT molecular complexity index is 370. The van der Waals surface area contributed by atoms with Gasteiger partial charge in [0, 0.05) is 6.54 Å². The number of hydrogen-bond acceptors (Lipinski definition) is 3. The van der Waals surface area contributed by atoms with Crippen molar-refractivity contribution in [3.63, 3.8) is 0 Å². The van der Waals surface area contributed by atoms with E-state index in [0.717, 1.165) is 37.1 Å². The molecule has 17 heavy (non-hydrogen) atoms. The Hall–Kier alpha value is -0.900. The maximum absolute atomic E-state index is 10.8. The standard InChI is InChI=1S/C14H22N2O/c1-14(17,12-6-8-16-9-7-12)13-5-3-2-4-11(13)10-15/h2-5,12,16-17H,6-10,15H2,1H3. The van der Waals surface area contributed by atoms with Crippen LogP contribution >= 0.6 is 0 Å². The zero-order chi connectivity index (χ0) is 12.3. The number of benzene rings is 1. The van der Waals surface area contributed by atoms with Gasteiger partial charge in [0.2, 0.25) is 0 Å². The molecule has 1 fully saturated rings. The lowest BCUT2D eigenvalue weighted by Crippen LogP contribution is -2.40. The molecule has 0 amide bonds. The Labute approximate surface area is 103 Å². The second-order valence-electron chi connectivity index (χ2n) is 5.03. The fourth-order valence-electron chi connectivity index (χ4n) is 2.80. The van der Waals surface area contributed by atoms with E-state index in [1.54, 1.807) is 0 Å². The molecule has 0 saturated carbocycles. The van der Waals surface area contributed by atoms with Crippen molar-refractivity contribution >= 4 is 0 Å². The predicted molar refractivity (Wildman–Crippen MR) is 69.5 cm³/mol. The topological polar surface area (TPSA) is 58.3 Å². The first-order valence-electron chi connectivity index (χ1n) is 6.38. The highest BCUT2D eigenvalue weighted by Crippen LogP contribution is 2.36. The van der Waals surface area contributed by atoms with Crippen LogP contribution in [-0.4, -0.2) is 18.2 Å². The number of rotatable bonds is 3. The number of aliphatic hydroxyl groups is 1. The predicted octanol–water partition coefficient (Wildman–Crippen LogP) is 1.35. The van der Waals surface area contributed by atoms with E-state index in [2.05, 4.69) is 5.32 Å². The van der Waals surface area contributed by atoms with Crippen LogP contribution in [0.2, 0.25) is 0 Å². The van der Waals surface area contributed by atoms with Crippen molar-refractivity contribution in [2.75, 3.05) is 13.1 Å². The molecule has 1 aliphatic rings. The Balaban J connectivity index is 2.29. The van der Waals surface area contributed by atoms with Gasteiger partial charge in [-0.1, -0.05) is 24.3 Å². The lowest BCUT2D eigenvalue weighted by molar-refractivity contribution is -0.0193. The first kappa shape index (κ1) is 12.6. The molecule has 1 atom stereocenters. The van der Waals surface area contributed by atoms with Crippen LogP contribution in [0.4, 0.5) is 0 Å². The molecule has 0 radical (unpaired) electrons. The van der Waals surface area contributed by atoms with Crippen molar-refractivity contribution in [1.82, 2.24) is 5.32 Å². The zero-order valence-corrected chi connectivity index (χ0v) is 10.4. The molecule has 3 nitrogen and oxygen atoms in total. The summed E-state index contributed by atoms with van der Waals surface area (Å²) < 4.78 is 0. The lowest BCUT2D eigenvalue weighted by atomic mass is 9.76. The first-order chi connectivity index (χ1) is 8.16. The highest BCUT2D eigenvalue weighted by molar-refractivity contribution is 5.32. The molecule has 0 bridgehead atoms. The van der Waals surface area contributed by atoms with E-state index in [0.29, 0.717) is 12.5 Å². The van der Waals surface area contributed by atoms with Gasteiger partial charge in [0.25, 0.3) is 0 Å². The third-order valence-corrected chi connectivity index (χ3v) is 3.92. The lowest BCUT2D eigenvalue weighted by Gasteiger charge is -2.37. The second kappa shape index (κ2) is 5.17. The van der Waals surface area contributed by atoms with Gasteiger partial charge in [-0.15, -0.1) is 0 Å². The summed E-state index contributed by atoms with van der Waals surface area (Å²) in [5.41, 5.74) is 7.03. The zero-order valence-electron chi connectivity index (χ0n) is 10.4. The molecule has 0 aromatic heterocycles. The quantitative estimate of drug-likeness (QED) is 0.740. The van der Waals surface area contributed by atoms with Crippen LogP contribution in [0.1, 0.15) is 30.9 Å². The third kappa shape index (κ3) is 2.51. The van der Waals surface area contributed by atoms with Crippen LogP contribution in [0.5, 0.6) is 0 Å². The number of nitrogens with one attached hydrogen (secondary N) is 1. The minimum Gasteiger partial charge on any atom is -0.385 e. The SMILES string of the molecule is CC(O)(c1ccccc1CN)C1CCNCC1. The van der Waals surface area contributed by atoms with E-state index in [4.69, 9.17) is 5.73 Å².